The molecular weight excluding hydrogens is 352 g/mol. The molecule has 1 fully saturated rings. The van der Waals surface area contributed by atoms with Gasteiger partial charge in [0.2, 0.25) is 0 Å². The molecule has 1 aromatic carbocycles. The molecule has 1 amide bonds. The minimum atomic E-state index is -0.689. The van der Waals surface area contributed by atoms with E-state index >= 15 is 0 Å². The number of nitrogens with zero attached hydrogens (tertiary/aromatic N) is 3. The number of nitro benzene ring substituents is 1. The number of carbonyl (C=O) groups is 1. The van der Waals surface area contributed by atoms with Crippen LogP contribution < -0.4 is 5.32 Å². The van der Waals surface area contributed by atoms with Gasteiger partial charge in [-0.1, -0.05) is 12.1 Å². The first-order valence-electron chi connectivity index (χ1n) is 6.71. The van der Waals surface area contributed by atoms with Gasteiger partial charge in [-0.25, -0.2) is 4.99 Å². The number of nitro groups is 2. The predicted molar refractivity (Wildman–Crippen MR) is 89.3 cm³/mol. The molecule has 3 rings (SSSR count). The molecule has 0 unspecified atom stereocenters. The predicted octanol–water partition coefficient (Wildman–Crippen LogP) is 2.99. The number of furan rings is 1. The number of nitrogens with one attached hydrogen (secondary N) is 1. The van der Waals surface area contributed by atoms with Gasteiger partial charge in [0.05, 0.1) is 15.9 Å². The average Bonchev–Trinajstić information content (AvgIpc) is 3.15. The Balaban J connectivity index is 1.86. The Bertz CT molecular complexity index is 948. The number of benzene rings is 1. The van der Waals surface area contributed by atoms with Crippen LogP contribution in [-0.4, -0.2) is 20.9 Å². The Hall–Kier alpha value is -3.47. The van der Waals surface area contributed by atoms with E-state index in [-0.39, 0.29) is 27.2 Å². The van der Waals surface area contributed by atoms with Gasteiger partial charge in [0.1, 0.15) is 16.4 Å². The molecule has 0 aliphatic carbocycles. The topological polar surface area (TPSA) is 141 Å². The van der Waals surface area contributed by atoms with Gasteiger partial charge in [-0.2, -0.15) is 0 Å². The summed E-state index contributed by atoms with van der Waals surface area (Å²) in [5.74, 6) is -0.790. The first-order valence-corrected chi connectivity index (χ1v) is 7.53. The third-order valence-electron chi connectivity index (χ3n) is 3.02. The molecule has 1 N–H and O–H groups in total. The fraction of sp³-hybridized carbons (Fsp3) is 0. The van der Waals surface area contributed by atoms with Crippen molar-refractivity contribution in [1.82, 2.24) is 5.32 Å². The Kier molecular flexibility index (Phi) is 4.31. The molecule has 0 spiro atoms. The smallest absolute Gasteiger partial charge is 0.401 e. The standard InChI is InChI=1S/C14H8N4O6S/c19-13-11(7-8-5-6-12(24-8)18(22)23)25-14(16-13)15-9-3-1-2-4-10(9)17(20)21/h1-7H,(H,15,16,19)/b11-7-. The SMILES string of the molecule is O=C1NC(=Nc2ccccc2[N+](=O)[O-])S/C1=C\c1ccc([N+](=O)[O-])o1. The summed E-state index contributed by atoms with van der Waals surface area (Å²) in [6.07, 6.45) is 1.33. The Morgan fingerprint density at radius 3 is 2.56 bits per heavy atom. The van der Waals surface area contributed by atoms with E-state index in [9.17, 15) is 25.0 Å². The maximum atomic E-state index is 11.9. The molecule has 10 nitrogen and oxygen atoms in total. The lowest BCUT2D eigenvalue weighted by Gasteiger charge is -1.97. The summed E-state index contributed by atoms with van der Waals surface area (Å²) in [4.78, 5) is 36.5. The summed E-state index contributed by atoms with van der Waals surface area (Å²) in [5, 5.41) is 24.2. The summed E-state index contributed by atoms with van der Waals surface area (Å²) in [6.45, 7) is 0. The molecular formula is C14H8N4O6S. The summed E-state index contributed by atoms with van der Waals surface area (Å²) < 4.78 is 4.96. The molecule has 1 saturated heterocycles. The van der Waals surface area contributed by atoms with Crippen molar-refractivity contribution in [3.8, 4) is 0 Å². The van der Waals surface area contributed by atoms with Gasteiger partial charge in [-0.15, -0.1) is 0 Å². The van der Waals surface area contributed by atoms with E-state index < -0.39 is 21.6 Å². The monoisotopic (exact) mass is 360 g/mol. The molecule has 0 radical (unpaired) electrons. The highest BCUT2D eigenvalue weighted by Crippen LogP contribution is 2.32. The molecule has 1 aromatic heterocycles. The molecule has 25 heavy (non-hydrogen) atoms. The largest absolute Gasteiger partial charge is 0.433 e. The average molecular weight is 360 g/mol. The van der Waals surface area contributed by atoms with Gasteiger partial charge >= 0.3 is 5.88 Å². The van der Waals surface area contributed by atoms with Gasteiger partial charge in [-0.05, 0) is 23.9 Å². The van der Waals surface area contributed by atoms with Crippen molar-refractivity contribution in [3.63, 3.8) is 0 Å². The van der Waals surface area contributed by atoms with E-state index in [1.807, 2.05) is 0 Å². The second-order valence-corrected chi connectivity index (χ2v) is 5.69. The van der Waals surface area contributed by atoms with Crippen LogP contribution in [0.15, 0.2) is 50.7 Å². The second-order valence-electron chi connectivity index (χ2n) is 4.66. The Morgan fingerprint density at radius 1 is 1.12 bits per heavy atom. The van der Waals surface area contributed by atoms with E-state index in [0.717, 1.165) is 11.8 Å². The van der Waals surface area contributed by atoms with Gasteiger partial charge in [0, 0.05) is 12.1 Å². The van der Waals surface area contributed by atoms with Crippen molar-refractivity contribution in [1.29, 1.82) is 0 Å². The quantitative estimate of drug-likeness (QED) is 0.502. The van der Waals surface area contributed by atoms with Crippen molar-refractivity contribution in [2.24, 2.45) is 4.99 Å². The highest BCUT2D eigenvalue weighted by atomic mass is 32.2. The lowest BCUT2D eigenvalue weighted by molar-refractivity contribution is -0.402. The van der Waals surface area contributed by atoms with E-state index in [2.05, 4.69) is 10.3 Å². The van der Waals surface area contributed by atoms with E-state index in [4.69, 9.17) is 4.42 Å². The van der Waals surface area contributed by atoms with E-state index in [1.165, 1.54) is 36.4 Å². The zero-order chi connectivity index (χ0) is 18.0. The maximum absolute atomic E-state index is 11.9. The first-order chi connectivity index (χ1) is 11.9. The van der Waals surface area contributed by atoms with Crippen LogP contribution in [0.2, 0.25) is 0 Å². The molecule has 11 heteroatoms. The molecule has 2 heterocycles. The van der Waals surface area contributed by atoms with Crippen molar-refractivity contribution in [2.45, 2.75) is 0 Å². The number of amidine groups is 1. The summed E-state index contributed by atoms with van der Waals surface area (Å²) >= 11 is 0.945. The van der Waals surface area contributed by atoms with Crippen LogP contribution in [0.1, 0.15) is 5.76 Å². The fourth-order valence-corrected chi connectivity index (χ4v) is 2.76. The number of para-hydroxylation sites is 2. The summed E-state index contributed by atoms with van der Waals surface area (Å²) in [7, 11) is 0. The van der Waals surface area contributed by atoms with Gasteiger partial charge in [0.25, 0.3) is 11.6 Å². The normalized spacial score (nSPS) is 17.0. The molecule has 0 atom stereocenters. The van der Waals surface area contributed by atoms with Crippen molar-refractivity contribution >= 4 is 46.2 Å². The minimum absolute atomic E-state index is 0.102. The number of rotatable bonds is 4. The lowest BCUT2D eigenvalue weighted by Crippen LogP contribution is -2.19. The van der Waals surface area contributed by atoms with Gasteiger partial charge < -0.3 is 9.73 Å². The summed E-state index contributed by atoms with van der Waals surface area (Å²) in [5.41, 5.74) is -0.0888. The first kappa shape index (κ1) is 16.4. The highest BCUT2D eigenvalue weighted by Gasteiger charge is 2.26. The van der Waals surface area contributed by atoms with E-state index in [1.54, 1.807) is 6.07 Å². The maximum Gasteiger partial charge on any atom is 0.433 e. The van der Waals surface area contributed by atoms with Gasteiger partial charge in [0.15, 0.2) is 5.17 Å². The van der Waals surface area contributed by atoms with Crippen LogP contribution in [0.5, 0.6) is 0 Å². The number of thioether (sulfide) groups is 1. The zero-order valence-electron chi connectivity index (χ0n) is 12.2. The molecule has 0 saturated carbocycles. The van der Waals surface area contributed by atoms with Crippen molar-refractivity contribution < 1.29 is 19.1 Å². The number of hydrogen-bond acceptors (Lipinski definition) is 8. The van der Waals surface area contributed by atoms with E-state index in [0.29, 0.717) is 0 Å². The minimum Gasteiger partial charge on any atom is -0.401 e. The van der Waals surface area contributed by atoms with Gasteiger partial charge in [-0.3, -0.25) is 25.0 Å². The van der Waals surface area contributed by atoms with Crippen molar-refractivity contribution in [2.75, 3.05) is 0 Å². The molecule has 1 aliphatic heterocycles. The number of aliphatic imine (C=N–C) groups is 1. The van der Waals surface area contributed by atoms with Crippen molar-refractivity contribution in [3.05, 3.63) is 67.3 Å². The molecule has 0 bridgehead atoms. The summed E-state index contributed by atoms with van der Waals surface area (Å²) in [6, 6.07) is 8.39. The van der Waals surface area contributed by atoms with Crippen LogP contribution >= 0.6 is 11.8 Å². The number of hydrogen-bond donors (Lipinski definition) is 1. The third-order valence-corrected chi connectivity index (χ3v) is 3.93. The number of carbonyl (C=O) groups excluding carboxylic acids is 1. The zero-order valence-corrected chi connectivity index (χ0v) is 13.1. The molecule has 1 aliphatic rings. The van der Waals surface area contributed by atoms with Crippen LogP contribution in [0, 0.1) is 20.2 Å². The molecule has 2 aromatic rings. The number of amides is 1. The molecule has 126 valence electrons. The lowest BCUT2D eigenvalue weighted by atomic mass is 10.3. The van der Waals surface area contributed by atoms with Crippen LogP contribution in [0.3, 0.4) is 0 Å². The van der Waals surface area contributed by atoms with Crippen LogP contribution in [0.4, 0.5) is 17.3 Å². The second kappa shape index (κ2) is 6.57. The Morgan fingerprint density at radius 2 is 1.88 bits per heavy atom. The Labute approximate surface area is 143 Å². The third kappa shape index (κ3) is 3.55. The van der Waals surface area contributed by atoms with Crippen LogP contribution in [-0.2, 0) is 4.79 Å². The fourth-order valence-electron chi connectivity index (χ4n) is 1.95. The highest BCUT2D eigenvalue weighted by molar-refractivity contribution is 8.18. The van der Waals surface area contributed by atoms with Crippen LogP contribution in [0.25, 0.3) is 6.08 Å².